The molecule has 0 aliphatic carbocycles. The first kappa shape index (κ1) is 27.1. The van der Waals surface area contributed by atoms with E-state index < -0.39 is 11.9 Å². The number of hydrogen-bond donors (Lipinski definition) is 2. The van der Waals surface area contributed by atoms with Crippen LogP contribution in [0.2, 0.25) is 5.02 Å². The summed E-state index contributed by atoms with van der Waals surface area (Å²) in [6.45, 7) is 2.17. The number of halogens is 1. The van der Waals surface area contributed by atoms with Crippen LogP contribution in [0, 0.1) is 0 Å². The first-order chi connectivity index (χ1) is 18.9. The van der Waals surface area contributed by atoms with Crippen LogP contribution >= 0.6 is 11.6 Å². The number of carbonyl (C=O) groups is 3. The highest BCUT2D eigenvalue weighted by Gasteiger charge is 2.13. The van der Waals surface area contributed by atoms with Crippen LogP contribution in [0.25, 0.3) is 0 Å². The molecule has 39 heavy (non-hydrogen) atoms. The fraction of sp³-hybridized carbons (Fsp3) is 0.0667. The second-order valence-corrected chi connectivity index (χ2v) is 8.57. The molecule has 4 rings (SSSR count). The van der Waals surface area contributed by atoms with E-state index in [1.807, 2.05) is 13.0 Å². The molecule has 2 N–H and O–H groups in total. The summed E-state index contributed by atoms with van der Waals surface area (Å²) in [5.41, 5.74) is 4.69. The molecule has 196 valence electrons. The van der Waals surface area contributed by atoms with Gasteiger partial charge >= 0.3 is 5.97 Å². The van der Waals surface area contributed by atoms with Crippen molar-refractivity contribution in [1.82, 2.24) is 5.43 Å². The minimum absolute atomic E-state index is 0.268. The summed E-state index contributed by atoms with van der Waals surface area (Å²) in [6, 6.07) is 26.5. The Morgan fingerprint density at radius 3 is 2.28 bits per heavy atom. The van der Waals surface area contributed by atoms with Crippen LogP contribution in [0.4, 0.5) is 5.69 Å². The topological polar surface area (TPSA) is 106 Å². The molecular formula is C30H24ClN3O5. The molecule has 0 heterocycles. The van der Waals surface area contributed by atoms with Gasteiger partial charge in [-0.1, -0.05) is 35.9 Å². The monoisotopic (exact) mass is 541 g/mol. The van der Waals surface area contributed by atoms with E-state index in [4.69, 9.17) is 21.1 Å². The molecule has 0 saturated carbocycles. The molecular weight excluding hydrogens is 518 g/mol. The van der Waals surface area contributed by atoms with Gasteiger partial charge in [0.15, 0.2) is 11.5 Å². The minimum atomic E-state index is -0.503. The highest BCUT2D eigenvalue weighted by molar-refractivity contribution is 6.30. The van der Waals surface area contributed by atoms with Gasteiger partial charge in [0.1, 0.15) is 0 Å². The molecule has 0 saturated heterocycles. The summed E-state index contributed by atoms with van der Waals surface area (Å²) >= 11 is 5.87. The van der Waals surface area contributed by atoms with Crippen molar-refractivity contribution in [2.45, 2.75) is 6.92 Å². The zero-order valence-corrected chi connectivity index (χ0v) is 21.6. The van der Waals surface area contributed by atoms with Crippen LogP contribution in [-0.2, 0) is 0 Å². The third-order valence-electron chi connectivity index (χ3n) is 5.35. The van der Waals surface area contributed by atoms with Gasteiger partial charge in [0.25, 0.3) is 11.8 Å². The van der Waals surface area contributed by atoms with Gasteiger partial charge in [-0.2, -0.15) is 5.10 Å². The van der Waals surface area contributed by atoms with Crippen LogP contribution in [0.15, 0.2) is 102 Å². The highest BCUT2D eigenvalue weighted by atomic mass is 35.5. The lowest BCUT2D eigenvalue weighted by molar-refractivity contribution is 0.0728. The predicted molar refractivity (Wildman–Crippen MR) is 150 cm³/mol. The van der Waals surface area contributed by atoms with Gasteiger partial charge in [-0.3, -0.25) is 9.59 Å². The fourth-order valence-corrected chi connectivity index (χ4v) is 3.59. The van der Waals surface area contributed by atoms with E-state index in [9.17, 15) is 14.4 Å². The lowest BCUT2D eigenvalue weighted by Gasteiger charge is -2.11. The van der Waals surface area contributed by atoms with Gasteiger partial charge in [0, 0.05) is 21.8 Å². The molecule has 0 unspecified atom stereocenters. The predicted octanol–water partition coefficient (Wildman–Crippen LogP) is 5.97. The summed E-state index contributed by atoms with van der Waals surface area (Å²) in [5.74, 6) is -0.667. The average molecular weight is 542 g/mol. The van der Waals surface area contributed by atoms with Crippen molar-refractivity contribution in [3.8, 4) is 11.5 Å². The molecule has 0 aliphatic rings. The molecule has 0 aromatic heterocycles. The number of hydrazone groups is 1. The largest absolute Gasteiger partial charge is 0.490 e. The number of nitrogens with zero attached hydrogens (tertiary/aromatic N) is 1. The smallest absolute Gasteiger partial charge is 0.343 e. The molecule has 2 amide bonds. The zero-order chi connectivity index (χ0) is 27.6. The Bertz CT molecular complexity index is 1510. The Hall–Kier alpha value is -4.95. The molecule has 4 aromatic carbocycles. The van der Waals surface area contributed by atoms with Gasteiger partial charge in [0.05, 0.1) is 18.4 Å². The first-order valence-electron chi connectivity index (χ1n) is 12.0. The van der Waals surface area contributed by atoms with Gasteiger partial charge in [-0.25, -0.2) is 10.2 Å². The Kier molecular flexibility index (Phi) is 9.05. The Labute approximate surface area is 230 Å². The summed E-state index contributed by atoms with van der Waals surface area (Å²) < 4.78 is 11.1. The van der Waals surface area contributed by atoms with Crippen LogP contribution in [-0.4, -0.2) is 30.6 Å². The Morgan fingerprint density at radius 2 is 1.54 bits per heavy atom. The normalized spacial score (nSPS) is 10.6. The molecule has 0 spiro atoms. The molecule has 0 bridgehead atoms. The number of rotatable bonds is 9. The zero-order valence-electron chi connectivity index (χ0n) is 20.9. The summed E-state index contributed by atoms with van der Waals surface area (Å²) in [6.07, 6.45) is 1.44. The van der Waals surface area contributed by atoms with Crippen LogP contribution in [0.1, 0.15) is 43.6 Å². The van der Waals surface area contributed by atoms with Gasteiger partial charge in [-0.05, 0) is 85.3 Å². The number of ether oxygens (including phenoxy) is 2. The number of anilines is 1. The number of carbonyl (C=O) groups excluding carboxylic acids is 3. The van der Waals surface area contributed by atoms with Gasteiger partial charge in [-0.15, -0.1) is 0 Å². The fourth-order valence-electron chi connectivity index (χ4n) is 3.46. The van der Waals surface area contributed by atoms with Crippen LogP contribution in [0.5, 0.6) is 11.5 Å². The number of hydrogen-bond acceptors (Lipinski definition) is 6. The molecule has 8 nitrogen and oxygen atoms in total. The van der Waals surface area contributed by atoms with E-state index in [-0.39, 0.29) is 11.7 Å². The standard InChI is InChI=1S/C30H24ClN3O5/c1-2-38-27-17-20(11-16-26(27)39-30(37)22-7-4-3-5-8-22)19-32-34-29(36)23-9-6-10-25(18-23)33-28(35)21-12-14-24(31)15-13-21/h3-19H,2H2,1H3,(H,33,35)(H,34,36). The maximum Gasteiger partial charge on any atom is 0.343 e. The van der Waals surface area contributed by atoms with E-state index in [2.05, 4.69) is 15.8 Å². The Morgan fingerprint density at radius 1 is 0.795 bits per heavy atom. The lowest BCUT2D eigenvalue weighted by Crippen LogP contribution is -2.18. The summed E-state index contributed by atoms with van der Waals surface area (Å²) in [5, 5.41) is 7.30. The minimum Gasteiger partial charge on any atom is -0.490 e. The van der Waals surface area contributed by atoms with E-state index >= 15 is 0 Å². The SMILES string of the molecule is CCOc1cc(C=NNC(=O)c2cccc(NC(=O)c3ccc(Cl)cc3)c2)ccc1OC(=O)c1ccccc1. The second kappa shape index (κ2) is 13.0. The van der Waals surface area contributed by atoms with Crippen molar-refractivity contribution < 1.29 is 23.9 Å². The number of benzene rings is 4. The van der Waals surface area contributed by atoms with Crippen molar-refractivity contribution >= 4 is 41.3 Å². The number of esters is 1. The maximum atomic E-state index is 12.6. The third-order valence-corrected chi connectivity index (χ3v) is 5.60. The van der Waals surface area contributed by atoms with Gasteiger partial charge < -0.3 is 14.8 Å². The van der Waals surface area contributed by atoms with Crippen molar-refractivity contribution in [2.24, 2.45) is 5.10 Å². The Balaban J connectivity index is 1.39. The molecule has 0 radical (unpaired) electrons. The average Bonchev–Trinajstić information content (AvgIpc) is 2.95. The molecule has 9 heteroatoms. The highest BCUT2D eigenvalue weighted by Crippen LogP contribution is 2.29. The van der Waals surface area contributed by atoms with Crippen LogP contribution in [0.3, 0.4) is 0 Å². The number of nitrogens with one attached hydrogen (secondary N) is 2. The third kappa shape index (κ3) is 7.53. The quantitative estimate of drug-likeness (QED) is 0.117. The van der Waals surface area contributed by atoms with Crippen molar-refractivity contribution in [2.75, 3.05) is 11.9 Å². The van der Waals surface area contributed by atoms with E-state index in [1.165, 1.54) is 6.21 Å². The van der Waals surface area contributed by atoms with E-state index in [1.54, 1.807) is 91.0 Å². The molecule has 0 aliphatic heterocycles. The summed E-state index contributed by atoms with van der Waals surface area (Å²) in [4.78, 5) is 37.5. The summed E-state index contributed by atoms with van der Waals surface area (Å²) in [7, 11) is 0. The van der Waals surface area contributed by atoms with E-state index in [0.717, 1.165) is 0 Å². The molecule has 4 aromatic rings. The van der Waals surface area contributed by atoms with Crippen molar-refractivity contribution in [3.05, 3.63) is 124 Å². The number of amides is 2. The van der Waals surface area contributed by atoms with Crippen LogP contribution < -0.4 is 20.2 Å². The second-order valence-electron chi connectivity index (χ2n) is 8.14. The molecule has 0 fully saturated rings. The van der Waals surface area contributed by atoms with Crippen molar-refractivity contribution in [3.63, 3.8) is 0 Å². The maximum absolute atomic E-state index is 12.6. The van der Waals surface area contributed by atoms with Crippen molar-refractivity contribution in [1.29, 1.82) is 0 Å². The molecule has 0 atom stereocenters. The first-order valence-corrected chi connectivity index (χ1v) is 12.3. The van der Waals surface area contributed by atoms with Gasteiger partial charge in [0.2, 0.25) is 0 Å². The van der Waals surface area contributed by atoms with E-state index in [0.29, 0.717) is 45.3 Å². The lowest BCUT2D eigenvalue weighted by atomic mass is 10.1.